The smallest absolute Gasteiger partial charge is 0.454 e. The van der Waals surface area contributed by atoms with Crippen molar-refractivity contribution in [1.82, 2.24) is 24.4 Å². The van der Waals surface area contributed by atoms with E-state index in [2.05, 4.69) is 25.2 Å². The SMILES string of the molecule is O=C(Nc1cn(CC(F)F)nc1C(F)(F)F)c1cnn2ccc(N[C@@H]3CCCC[C@@H]3OC(=O)C(F)(F)F)nc12. The van der Waals surface area contributed by atoms with E-state index in [1.54, 1.807) is 0 Å². The molecule has 39 heavy (non-hydrogen) atoms. The van der Waals surface area contributed by atoms with Crippen LogP contribution in [0.2, 0.25) is 0 Å². The second-order valence-electron chi connectivity index (χ2n) is 8.57. The van der Waals surface area contributed by atoms with Crippen LogP contribution < -0.4 is 10.6 Å². The number of carbonyl (C=O) groups is 2. The molecule has 0 unspecified atom stereocenters. The van der Waals surface area contributed by atoms with E-state index in [1.165, 1.54) is 12.3 Å². The Balaban J connectivity index is 1.56. The Morgan fingerprint density at radius 1 is 1.13 bits per heavy atom. The summed E-state index contributed by atoms with van der Waals surface area (Å²) in [4.78, 5) is 28.3. The Bertz CT molecular complexity index is 1350. The number of amides is 1. The van der Waals surface area contributed by atoms with Crippen LogP contribution in [0.4, 0.5) is 46.6 Å². The first-order valence-electron chi connectivity index (χ1n) is 11.3. The van der Waals surface area contributed by atoms with Crippen LogP contribution in [0.15, 0.2) is 24.7 Å². The number of nitrogens with zero attached hydrogens (tertiary/aromatic N) is 5. The normalized spacial score (nSPS) is 18.4. The first-order valence-corrected chi connectivity index (χ1v) is 11.3. The van der Waals surface area contributed by atoms with Crippen LogP contribution in [0, 0.1) is 0 Å². The van der Waals surface area contributed by atoms with Gasteiger partial charge in [-0.25, -0.2) is 23.1 Å². The van der Waals surface area contributed by atoms with E-state index in [0.717, 1.165) is 10.7 Å². The predicted molar refractivity (Wildman–Crippen MR) is 116 cm³/mol. The minimum atomic E-state index is -5.17. The number of anilines is 2. The van der Waals surface area contributed by atoms with E-state index in [9.17, 15) is 44.7 Å². The molecular formula is C21H19F8N7O3. The highest BCUT2D eigenvalue weighted by molar-refractivity contribution is 6.08. The monoisotopic (exact) mass is 569 g/mol. The van der Waals surface area contributed by atoms with Crippen LogP contribution in [-0.4, -0.2) is 61.0 Å². The molecule has 0 saturated heterocycles. The summed E-state index contributed by atoms with van der Waals surface area (Å²) < 4.78 is 109. The number of fused-ring (bicyclic) bond motifs is 1. The summed E-state index contributed by atoms with van der Waals surface area (Å²) in [6.45, 7) is -1.13. The summed E-state index contributed by atoms with van der Waals surface area (Å²) in [5.41, 5.74) is -2.87. The molecule has 2 atom stereocenters. The Hall–Kier alpha value is -3.99. The van der Waals surface area contributed by atoms with Gasteiger partial charge < -0.3 is 15.4 Å². The molecule has 1 fully saturated rings. The summed E-state index contributed by atoms with van der Waals surface area (Å²) in [5, 5.41) is 11.8. The van der Waals surface area contributed by atoms with Gasteiger partial charge in [-0.05, 0) is 25.3 Å². The van der Waals surface area contributed by atoms with Gasteiger partial charge in [0.2, 0.25) is 0 Å². The average molecular weight is 569 g/mol. The Morgan fingerprint density at radius 2 is 1.85 bits per heavy atom. The summed E-state index contributed by atoms with van der Waals surface area (Å²) in [5.74, 6) is -3.36. The zero-order valence-corrected chi connectivity index (χ0v) is 19.6. The molecule has 0 aromatic carbocycles. The molecule has 4 rings (SSSR count). The molecular weight excluding hydrogens is 550 g/mol. The number of hydrogen-bond acceptors (Lipinski definition) is 7. The van der Waals surface area contributed by atoms with Gasteiger partial charge in [-0.2, -0.15) is 36.5 Å². The number of aromatic nitrogens is 5. The third-order valence-corrected chi connectivity index (χ3v) is 5.74. The van der Waals surface area contributed by atoms with Crippen molar-refractivity contribution >= 4 is 29.0 Å². The van der Waals surface area contributed by atoms with E-state index in [1.807, 2.05) is 5.32 Å². The summed E-state index contributed by atoms with van der Waals surface area (Å²) in [7, 11) is 0. The molecule has 3 heterocycles. The zero-order valence-electron chi connectivity index (χ0n) is 19.6. The van der Waals surface area contributed by atoms with Gasteiger partial charge in [0.15, 0.2) is 11.3 Å². The number of alkyl halides is 8. The Labute approximate surface area is 213 Å². The fourth-order valence-electron chi connectivity index (χ4n) is 4.05. The van der Waals surface area contributed by atoms with Crippen LogP contribution in [0.5, 0.6) is 0 Å². The van der Waals surface area contributed by atoms with Crippen LogP contribution >= 0.6 is 0 Å². The highest BCUT2D eigenvalue weighted by Crippen LogP contribution is 2.34. The van der Waals surface area contributed by atoms with Crippen molar-refractivity contribution in [3.05, 3.63) is 35.9 Å². The van der Waals surface area contributed by atoms with Crippen molar-refractivity contribution in [2.45, 2.75) is 63.2 Å². The second kappa shape index (κ2) is 10.6. The average Bonchev–Trinajstić information content (AvgIpc) is 3.43. The predicted octanol–water partition coefficient (Wildman–Crippen LogP) is 4.29. The molecule has 0 radical (unpaired) electrons. The van der Waals surface area contributed by atoms with Crippen molar-refractivity contribution in [2.75, 3.05) is 10.6 Å². The first kappa shape index (κ1) is 28.0. The Morgan fingerprint density at radius 3 is 2.51 bits per heavy atom. The summed E-state index contributed by atoms with van der Waals surface area (Å²) in [6.07, 6.45) is -9.70. The lowest BCUT2D eigenvalue weighted by Crippen LogP contribution is -2.42. The van der Waals surface area contributed by atoms with Crippen LogP contribution in [0.25, 0.3) is 5.65 Å². The van der Waals surface area contributed by atoms with Gasteiger partial charge in [-0.3, -0.25) is 9.48 Å². The Kier molecular flexibility index (Phi) is 7.65. The quantitative estimate of drug-likeness (QED) is 0.322. The number of hydrogen-bond donors (Lipinski definition) is 2. The lowest BCUT2D eigenvalue weighted by atomic mass is 9.92. The van der Waals surface area contributed by atoms with Crippen LogP contribution in [-0.2, 0) is 22.3 Å². The van der Waals surface area contributed by atoms with Gasteiger partial charge >= 0.3 is 18.3 Å². The van der Waals surface area contributed by atoms with Gasteiger partial charge in [0.05, 0.1) is 17.9 Å². The molecule has 0 aliphatic heterocycles. The van der Waals surface area contributed by atoms with E-state index < -0.39 is 60.7 Å². The molecule has 10 nitrogen and oxygen atoms in total. The fourth-order valence-corrected chi connectivity index (χ4v) is 4.05. The molecule has 18 heteroatoms. The molecule has 1 amide bonds. The van der Waals surface area contributed by atoms with E-state index in [4.69, 9.17) is 0 Å². The topological polar surface area (TPSA) is 115 Å². The third-order valence-electron chi connectivity index (χ3n) is 5.74. The molecule has 0 bridgehead atoms. The van der Waals surface area contributed by atoms with Crippen molar-refractivity contribution in [3.8, 4) is 0 Å². The number of carbonyl (C=O) groups excluding carboxylic acids is 2. The van der Waals surface area contributed by atoms with Gasteiger partial charge in [0.1, 0.15) is 24.0 Å². The maximum absolute atomic E-state index is 13.4. The molecule has 1 saturated carbocycles. The van der Waals surface area contributed by atoms with Crippen molar-refractivity contribution < 1.29 is 49.4 Å². The summed E-state index contributed by atoms with van der Waals surface area (Å²) in [6, 6.07) is 0.643. The minimum Gasteiger partial charge on any atom is -0.454 e. The second-order valence-corrected chi connectivity index (χ2v) is 8.57. The zero-order chi connectivity index (χ0) is 28.5. The molecule has 212 valence electrons. The molecule has 3 aromatic rings. The molecule has 1 aliphatic rings. The maximum atomic E-state index is 13.4. The van der Waals surface area contributed by atoms with Crippen molar-refractivity contribution in [2.24, 2.45) is 0 Å². The number of rotatable bonds is 7. The summed E-state index contributed by atoms with van der Waals surface area (Å²) >= 11 is 0. The minimum absolute atomic E-state index is 0.0674. The number of ether oxygens (including phenoxy) is 1. The number of halogens is 8. The largest absolute Gasteiger partial charge is 0.490 e. The van der Waals surface area contributed by atoms with Gasteiger partial charge in [-0.15, -0.1) is 0 Å². The lowest BCUT2D eigenvalue weighted by molar-refractivity contribution is -0.206. The lowest BCUT2D eigenvalue weighted by Gasteiger charge is -2.32. The van der Waals surface area contributed by atoms with E-state index in [-0.39, 0.29) is 23.4 Å². The van der Waals surface area contributed by atoms with Gasteiger partial charge in [-0.1, -0.05) is 6.42 Å². The third kappa shape index (κ3) is 6.54. The highest BCUT2D eigenvalue weighted by Gasteiger charge is 2.44. The first-order chi connectivity index (χ1) is 18.2. The van der Waals surface area contributed by atoms with Gasteiger partial charge in [0.25, 0.3) is 12.3 Å². The number of esters is 1. The highest BCUT2D eigenvalue weighted by atomic mass is 19.4. The molecule has 0 spiro atoms. The fraction of sp³-hybridized carbons (Fsp3) is 0.476. The van der Waals surface area contributed by atoms with E-state index in [0.29, 0.717) is 30.1 Å². The maximum Gasteiger partial charge on any atom is 0.490 e. The van der Waals surface area contributed by atoms with E-state index >= 15 is 0 Å². The van der Waals surface area contributed by atoms with Gasteiger partial charge in [0, 0.05) is 12.4 Å². The molecule has 3 aromatic heterocycles. The van der Waals surface area contributed by atoms with Crippen LogP contribution in [0.3, 0.4) is 0 Å². The number of nitrogens with one attached hydrogen (secondary N) is 2. The standard InChI is InChI=1S/C21H19F8N7O3/c22-14(23)9-35-8-12(16(34-35)20(24,25)26)32-18(37)10-7-30-36-6-5-15(33-17(10)36)31-11-3-1-2-4-13(11)39-19(38)21(27,28)29/h5-8,11,13-14H,1-4,9H2,(H,31,33)(H,32,37)/t11-,13+/m1/s1. The molecule has 2 N–H and O–H groups in total. The van der Waals surface area contributed by atoms with Crippen molar-refractivity contribution in [3.63, 3.8) is 0 Å². The molecule has 1 aliphatic carbocycles. The van der Waals surface area contributed by atoms with Crippen molar-refractivity contribution in [1.29, 1.82) is 0 Å². The van der Waals surface area contributed by atoms with Crippen LogP contribution in [0.1, 0.15) is 41.7 Å².